The molecule has 0 unspecified atom stereocenters. The maximum absolute atomic E-state index is 12.5. The third-order valence-electron chi connectivity index (χ3n) is 1.91. The van der Waals surface area contributed by atoms with Crippen molar-refractivity contribution in [2.24, 2.45) is 0 Å². The van der Waals surface area contributed by atoms with Crippen molar-refractivity contribution in [1.29, 1.82) is 5.26 Å². The van der Waals surface area contributed by atoms with Crippen LogP contribution in [0.15, 0.2) is 11.0 Å². The van der Waals surface area contributed by atoms with Gasteiger partial charge in [0.25, 0.3) is 6.43 Å². The van der Waals surface area contributed by atoms with Crippen LogP contribution in [0.4, 0.5) is 8.78 Å². The molecular weight excluding hydrogens is 226 g/mol. The van der Waals surface area contributed by atoms with E-state index in [1.165, 1.54) is 0 Å². The first-order chi connectivity index (χ1) is 7.11. The molecule has 15 heavy (non-hydrogen) atoms. The van der Waals surface area contributed by atoms with Crippen molar-refractivity contribution in [2.45, 2.75) is 18.7 Å². The van der Waals surface area contributed by atoms with Crippen LogP contribution >= 0.6 is 11.6 Å². The van der Waals surface area contributed by atoms with E-state index in [2.05, 4.69) is 4.98 Å². The number of halogens is 3. The van der Waals surface area contributed by atoms with Gasteiger partial charge < -0.3 is 4.98 Å². The first-order valence-corrected chi connectivity index (χ1v) is 4.59. The minimum atomic E-state index is -2.80. The predicted molar refractivity (Wildman–Crippen MR) is 50.9 cm³/mol. The number of nitrogens with one attached hydrogen (secondary N) is 1. The number of hydrogen-bond acceptors (Lipinski definition) is 2. The van der Waals surface area contributed by atoms with E-state index in [1.54, 1.807) is 6.07 Å². The molecule has 1 rings (SSSR count). The van der Waals surface area contributed by atoms with Gasteiger partial charge in [0.15, 0.2) is 5.43 Å². The zero-order chi connectivity index (χ0) is 11.4. The summed E-state index contributed by atoms with van der Waals surface area (Å²) in [5.41, 5.74) is -1.10. The normalized spacial score (nSPS) is 10.3. The predicted octanol–water partition coefficient (Wildman–Crippen LogP) is 2.12. The van der Waals surface area contributed by atoms with Crippen molar-refractivity contribution in [3.63, 3.8) is 0 Å². The van der Waals surface area contributed by atoms with Gasteiger partial charge in [0.1, 0.15) is 0 Å². The van der Waals surface area contributed by atoms with Gasteiger partial charge in [-0.3, -0.25) is 4.79 Å². The van der Waals surface area contributed by atoms with Crippen LogP contribution in [0.2, 0.25) is 0 Å². The maximum atomic E-state index is 12.5. The fourth-order valence-electron chi connectivity index (χ4n) is 1.18. The van der Waals surface area contributed by atoms with E-state index in [0.29, 0.717) is 0 Å². The van der Waals surface area contributed by atoms with Gasteiger partial charge >= 0.3 is 0 Å². The molecule has 0 saturated heterocycles. The monoisotopic (exact) mass is 232 g/mol. The molecule has 0 atom stereocenters. The molecule has 1 aromatic heterocycles. The van der Waals surface area contributed by atoms with Crippen LogP contribution in [0.3, 0.4) is 0 Å². The number of aromatic nitrogens is 1. The fraction of sp³-hybridized carbons (Fsp3) is 0.333. The Morgan fingerprint density at radius 1 is 1.60 bits per heavy atom. The van der Waals surface area contributed by atoms with Crippen molar-refractivity contribution < 1.29 is 8.78 Å². The Kier molecular flexibility index (Phi) is 3.81. The molecule has 0 aromatic carbocycles. The average Bonchev–Trinajstić information content (AvgIpc) is 2.20. The van der Waals surface area contributed by atoms with E-state index in [1.807, 2.05) is 0 Å². The van der Waals surface area contributed by atoms with Crippen LogP contribution in [-0.2, 0) is 12.3 Å². The Bertz CT molecular complexity index is 450. The summed E-state index contributed by atoms with van der Waals surface area (Å²) < 4.78 is 24.9. The van der Waals surface area contributed by atoms with Gasteiger partial charge in [-0.1, -0.05) is 0 Å². The van der Waals surface area contributed by atoms with E-state index < -0.39 is 17.5 Å². The maximum Gasteiger partial charge on any atom is 0.278 e. The molecular formula is C9H7ClF2N2O. The minimum Gasteiger partial charge on any atom is -0.360 e. The number of aromatic amines is 1. The van der Waals surface area contributed by atoms with Gasteiger partial charge in [-0.15, -0.1) is 11.6 Å². The first-order valence-electron chi connectivity index (χ1n) is 4.06. The number of nitrogens with zero attached hydrogens (tertiary/aromatic N) is 1. The van der Waals surface area contributed by atoms with Gasteiger partial charge in [-0.2, -0.15) is 5.26 Å². The van der Waals surface area contributed by atoms with Gasteiger partial charge in [-0.25, -0.2) is 8.78 Å². The molecule has 1 N–H and O–H groups in total. The van der Waals surface area contributed by atoms with Gasteiger partial charge in [0.05, 0.1) is 24.1 Å². The fourth-order valence-corrected chi connectivity index (χ4v) is 1.38. The van der Waals surface area contributed by atoms with Crippen LogP contribution in [-0.4, -0.2) is 4.98 Å². The molecule has 0 spiro atoms. The number of rotatable bonds is 3. The molecule has 0 amide bonds. The second-order valence-electron chi connectivity index (χ2n) is 2.80. The zero-order valence-electron chi connectivity index (χ0n) is 7.56. The number of H-pyrrole nitrogens is 1. The molecule has 0 bridgehead atoms. The van der Waals surface area contributed by atoms with Crippen molar-refractivity contribution in [3.05, 3.63) is 33.2 Å². The summed E-state index contributed by atoms with van der Waals surface area (Å²) in [6.07, 6.45) is -2.00. The molecule has 80 valence electrons. The topological polar surface area (TPSA) is 56.6 Å². The highest BCUT2D eigenvalue weighted by Crippen LogP contribution is 2.19. The second-order valence-corrected chi connectivity index (χ2v) is 3.07. The van der Waals surface area contributed by atoms with E-state index in [0.717, 1.165) is 6.20 Å². The first kappa shape index (κ1) is 11.7. The second kappa shape index (κ2) is 4.89. The molecule has 3 nitrogen and oxygen atoms in total. The summed E-state index contributed by atoms with van der Waals surface area (Å²) in [4.78, 5) is 13.8. The Morgan fingerprint density at radius 2 is 2.27 bits per heavy atom. The van der Waals surface area contributed by atoms with Crippen molar-refractivity contribution in [1.82, 2.24) is 4.98 Å². The number of hydrogen-bond donors (Lipinski definition) is 1. The Labute approximate surface area is 89.3 Å². The summed E-state index contributed by atoms with van der Waals surface area (Å²) in [6.45, 7) is 0. The standard InChI is InChI=1S/C9H7ClF2N2O/c10-3-5-4-14-7(9(11)12)6(1-2-13)8(5)15/h4,9H,1,3H2,(H,14,15). The van der Waals surface area contributed by atoms with E-state index in [4.69, 9.17) is 16.9 Å². The van der Waals surface area contributed by atoms with Gasteiger partial charge in [0.2, 0.25) is 0 Å². The molecule has 1 aromatic rings. The van der Waals surface area contributed by atoms with Gasteiger partial charge in [0, 0.05) is 17.3 Å². The lowest BCUT2D eigenvalue weighted by molar-refractivity contribution is 0.145. The molecule has 0 aliphatic rings. The molecule has 0 radical (unpaired) electrons. The number of nitriles is 1. The van der Waals surface area contributed by atoms with Crippen LogP contribution in [0.5, 0.6) is 0 Å². The number of alkyl halides is 3. The molecule has 0 aliphatic heterocycles. The lowest BCUT2D eigenvalue weighted by Gasteiger charge is -2.06. The molecule has 0 aliphatic carbocycles. The molecule has 0 fully saturated rings. The van der Waals surface area contributed by atoms with E-state index >= 15 is 0 Å². The minimum absolute atomic E-state index is 0.0721. The van der Waals surface area contributed by atoms with Crippen molar-refractivity contribution >= 4 is 11.6 Å². The van der Waals surface area contributed by atoms with Gasteiger partial charge in [-0.05, 0) is 0 Å². The summed E-state index contributed by atoms with van der Waals surface area (Å²) in [5, 5.41) is 8.43. The molecule has 6 heteroatoms. The average molecular weight is 233 g/mol. The largest absolute Gasteiger partial charge is 0.360 e. The Hall–Kier alpha value is -1.41. The van der Waals surface area contributed by atoms with Crippen LogP contribution < -0.4 is 5.43 Å². The van der Waals surface area contributed by atoms with E-state index in [9.17, 15) is 13.6 Å². The highest BCUT2D eigenvalue weighted by molar-refractivity contribution is 6.17. The summed E-state index contributed by atoms with van der Waals surface area (Å²) in [5.74, 6) is -0.0721. The number of pyridine rings is 1. The molecule has 1 heterocycles. The van der Waals surface area contributed by atoms with Crippen LogP contribution in [0, 0.1) is 11.3 Å². The highest BCUT2D eigenvalue weighted by atomic mass is 35.5. The Morgan fingerprint density at radius 3 is 2.73 bits per heavy atom. The molecule has 0 saturated carbocycles. The summed E-state index contributed by atoms with van der Waals surface area (Å²) >= 11 is 5.45. The SMILES string of the molecule is N#CCc1c(C(F)F)[nH]cc(CCl)c1=O. The summed E-state index contributed by atoms with van der Waals surface area (Å²) in [7, 11) is 0. The lowest BCUT2D eigenvalue weighted by Crippen LogP contribution is -2.17. The zero-order valence-corrected chi connectivity index (χ0v) is 8.31. The smallest absolute Gasteiger partial charge is 0.278 e. The summed E-state index contributed by atoms with van der Waals surface area (Å²) in [6, 6.07) is 1.67. The lowest BCUT2D eigenvalue weighted by atomic mass is 10.1. The third-order valence-corrected chi connectivity index (χ3v) is 2.20. The van der Waals surface area contributed by atoms with Crippen LogP contribution in [0.25, 0.3) is 0 Å². The highest BCUT2D eigenvalue weighted by Gasteiger charge is 2.17. The van der Waals surface area contributed by atoms with E-state index in [-0.39, 0.29) is 23.4 Å². The van der Waals surface area contributed by atoms with Crippen LogP contribution in [0.1, 0.15) is 23.2 Å². The quantitative estimate of drug-likeness (QED) is 0.812. The van der Waals surface area contributed by atoms with Crippen molar-refractivity contribution in [3.8, 4) is 6.07 Å². The van der Waals surface area contributed by atoms with Crippen molar-refractivity contribution in [2.75, 3.05) is 0 Å². The Balaban J connectivity index is 3.39. The third kappa shape index (κ3) is 2.34.